The van der Waals surface area contributed by atoms with Gasteiger partial charge in [-0.25, -0.2) is 0 Å². The summed E-state index contributed by atoms with van der Waals surface area (Å²) < 4.78 is 7.04. The Morgan fingerprint density at radius 2 is 2.00 bits per heavy atom. The molecule has 1 aromatic carbocycles. The van der Waals surface area contributed by atoms with E-state index in [1.807, 2.05) is 6.07 Å². The van der Waals surface area contributed by atoms with Crippen LogP contribution in [0.5, 0.6) is 5.75 Å². The third-order valence-electron chi connectivity index (χ3n) is 3.03. The number of hydrogen-bond acceptors (Lipinski definition) is 3. The lowest BCUT2D eigenvalue weighted by molar-refractivity contribution is 0.314. The minimum Gasteiger partial charge on any atom is -0.492 e. The van der Waals surface area contributed by atoms with Crippen molar-refractivity contribution in [1.29, 1.82) is 0 Å². The predicted molar refractivity (Wildman–Crippen MR) is 94.3 cm³/mol. The molecular formula is C17H22BrNOS. The number of thiophene rings is 1. The van der Waals surface area contributed by atoms with Crippen LogP contribution in [0, 0.1) is 0 Å². The number of hydrogen-bond donors (Lipinski definition) is 1. The summed E-state index contributed by atoms with van der Waals surface area (Å²) in [5, 5.41) is 5.61. The van der Waals surface area contributed by atoms with E-state index in [9.17, 15) is 0 Å². The van der Waals surface area contributed by atoms with E-state index in [1.54, 1.807) is 11.3 Å². The van der Waals surface area contributed by atoms with Crippen molar-refractivity contribution in [3.8, 4) is 5.75 Å². The summed E-state index contributed by atoms with van der Waals surface area (Å²) in [5.41, 5.74) is 1.28. The molecule has 2 aromatic rings. The lowest BCUT2D eigenvalue weighted by Crippen LogP contribution is -2.35. The topological polar surface area (TPSA) is 21.3 Å². The first-order valence-electron chi connectivity index (χ1n) is 7.13. The second-order valence-corrected chi connectivity index (χ2v) is 7.90. The summed E-state index contributed by atoms with van der Waals surface area (Å²) in [6, 6.07) is 10.4. The third-order valence-corrected chi connectivity index (χ3v) is 4.59. The van der Waals surface area contributed by atoms with Crippen LogP contribution in [0.4, 0.5) is 0 Å². The third kappa shape index (κ3) is 5.46. The fourth-order valence-electron chi connectivity index (χ4n) is 1.92. The molecule has 114 valence electrons. The van der Waals surface area contributed by atoms with Crippen molar-refractivity contribution in [2.45, 2.75) is 39.3 Å². The first-order chi connectivity index (χ1) is 9.96. The molecule has 0 aliphatic carbocycles. The van der Waals surface area contributed by atoms with Gasteiger partial charge in [0.25, 0.3) is 0 Å². The molecule has 2 nitrogen and oxygen atoms in total. The van der Waals surface area contributed by atoms with Gasteiger partial charge in [0.1, 0.15) is 5.75 Å². The molecule has 0 saturated heterocycles. The monoisotopic (exact) mass is 367 g/mol. The van der Waals surface area contributed by atoms with Crippen LogP contribution in [0.2, 0.25) is 0 Å². The first-order valence-corrected chi connectivity index (χ1v) is 8.80. The normalized spacial score (nSPS) is 11.6. The highest BCUT2D eigenvalue weighted by Crippen LogP contribution is 2.29. The molecule has 0 radical (unpaired) electrons. The molecule has 0 spiro atoms. The number of para-hydroxylation sites is 1. The average molecular weight is 368 g/mol. The van der Waals surface area contributed by atoms with E-state index < -0.39 is 0 Å². The maximum Gasteiger partial charge on any atom is 0.137 e. The van der Waals surface area contributed by atoms with Crippen LogP contribution in [0.15, 0.2) is 40.2 Å². The van der Waals surface area contributed by atoms with E-state index in [1.165, 1.54) is 10.4 Å². The lowest BCUT2D eigenvalue weighted by atomic mass is 10.1. The Balaban J connectivity index is 1.99. The van der Waals surface area contributed by atoms with Crippen LogP contribution in [-0.4, -0.2) is 12.1 Å². The SMILES string of the molecule is CC(C)(C)NCc1cccc(Br)c1OCCc1cccs1. The standard InChI is InChI=1S/C17H22BrNOS/c1-17(2,3)19-12-13-6-4-8-15(18)16(13)20-10-9-14-7-5-11-21-14/h4-8,11,19H,9-10,12H2,1-3H3. The minimum absolute atomic E-state index is 0.0938. The Labute approximate surface area is 139 Å². The van der Waals surface area contributed by atoms with E-state index in [4.69, 9.17) is 4.74 Å². The second-order valence-electron chi connectivity index (χ2n) is 6.01. The van der Waals surface area contributed by atoms with Gasteiger partial charge in [-0.3, -0.25) is 0 Å². The molecule has 1 heterocycles. The van der Waals surface area contributed by atoms with Crippen LogP contribution in [0.3, 0.4) is 0 Å². The van der Waals surface area contributed by atoms with E-state index in [2.05, 4.69) is 71.7 Å². The van der Waals surface area contributed by atoms with Gasteiger partial charge in [-0.1, -0.05) is 18.2 Å². The number of rotatable bonds is 6. The Bertz CT molecular complexity index is 561. The zero-order valence-electron chi connectivity index (χ0n) is 12.8. The summed E-state index contributed by atoms with van der Waals surface area (Å²) in [5.74, 6) is 0.950. The molecule has 0 saturated carbocycles. The summed E-state index contributed by atoms with van der Waals surface area (Å²) in [4.78, 5) is 1.36. The summed E-state index contributed by atoms with van der Waals surface area (Å²) in [6.45, 7) is 8.01. The van der Waals surface area contributed by atoms with Crippen molar-refractivity contribution in [3.05, 3.63) is 50.6 Å². The van der Waals surface area contributed by atoms with Crippen molar-refractivity contribution in [1.82, 2.24) is 5.32 Å². The zero-order valence-corrected chi connectivity index (χ0v) is 15.2. The zero-order chi connectivity index (χ0) is 15.3. The van der Waals surface area contributed by atoms with Crippen molar-refractivity contribution in [2.75, 3.05) is 6.61 Å². The smallest absolute Gasteiger partial charge is 0.137 e. The van der Waals surface area contributed by atoms with Crippen molar-refractivity contribution < 1.29 is 4.74 Å². The van der Waals surface area contributed by atoms with Gasteiger partial charge in [-0.2, -0.15) is 0 Å². The van der Waals surface area contributed by atoms with Gasteiger partial charge in [0, 0.05) is 28.9 Å². The number of halogens is 1. The maximum atomic E-state index is 6.03. The fraction of sp³-hybridized carbons (Fsp3) is 0.412. The van der Waals surface area contributed by atoms with Crippen LogP contribution in [-0.2, 0) is 13.0 Å². The molecule has 2 rings (SSSR count). The van der Waals surface area contributed by atoms with Crippen LogP contribution >= 0.6 is 27.3 Å². The molecule has 0 fully saturated rings. The quantitative estimate of drug-likeness (QED) is 0.773. The highest BCUT2D eigenvalue weighted by Gasteiger charge is 2.13. The van der Waals surface area contributed by atoms with Crippen molar-refractivity contribution in [2.24, 2.45) is 0 Å². The fourth-order valence-corrected chi connectivity index (χ4v) is 3.14. The van der Waals surface area contributed by atoms with E-state index >= 15 is 0 Å². The summed E-state index contributed by atoms with van der Waals surface area (Å²) in [6.07, 6.45) is 0.950. The second kappa shape index (κ2) is 7.43. The maximum absolute atomic E-state index is 6.03. The molecule has 1 N–H and O–H groups in total. The molecule has 0 atom stereocenters. The summed E-state index contributed by atoms with van der Waals surface area (Å²) in [7, 11) is 0. The van der Waals surface area contributed by atoms with Crippen molar-refractivity contribution >= 4 is 27.3 Å². The molecule has 0 aliphatic rings. The van der Waals surface area contributed by atoms with Gasteiger partial charge in [0.2, 0.25) is 0 Å². The van der Waals surface area contributed by atoms with Gasteiger partial charge in [0.15, 0.2) is 0 Å². The predicted octanol–water partition coefficient (Wildman–Crippen LogP) is 5.02. The first kappa shape index (κ1) is 16.5. The van der Waals surface area contributed by atoms with E-state index in [0.717, 1.165) is 23.2 Å². The van der Waals surface area contributed by atoms with Crippen LogP contribution in [0.1, 0.15) is 31.2 Å². The highest BCUT2D eigenvalue weighted by atomic mass is 79.9. The molecular weight excluding hydrogens is 346 g/mol. The number of ether oxygens (including phenoxy) is 1. The van der Waals surface area contributed by atoms with Crippen LogP contribution < -0.4 is 10.1 Å². The molecule has 0 bridgehead atoms. The van der Waals surface area contributed by atoms with Crippen molar-refractivity contribution in [3.63, 3.8) is 0 Å². The molecule has 0 amide bonds. The Morgan fingerprint density at radius 1 is 1.19 bits per heavy atom. The van der Waals surface area contributed by atoms with E-state index in [0.29, 0.717) is 6.61 Å². The molecule has 0 unspecified atom stereocenters. The summed E-state index contributed by atoms with van der Waals surface area (Å²) >= 11 is 5.37. The van der Waals surface area contributed by atoms with Gasteiger partial charge in [-0.15, -0.1) is 11.3 Å². The minimum atomic E-state index is 0.0938. The molecule has 1 aromatic heterocycles. The highest BCUT2D eigenvalue weighted by molar-refractivity contribution is 9.10. The lowest BCUT2D eigenvalue weighted by Gasteiger charge is -2.22. The molecule has 0 aliphatic heterocycles. The van der Waals surface area contributed by atoms with Crippen LogP contribution in [0.25, 0.3) is 0 Å². The Morgan fingerprint density at radius 3 is 2.67 bits per heavy atom. The van der Waals surface area contributed by atoms with Gasteiger partial charge in [0.05, 0.1) is 11.1 Å². The Hall–Kier alpha value is -0.840. The van der Waals surface area contributed by atoms with Gasteiger partial charge in [-0.05, 0) is 54.2 Å². The van der Waals surface area contributed by atoms with Gasteiger partial charge >= 0.3 is 0 Å². The number of benzene rings is 1. The number of nitrogens with one attached hydrogen (secondary N) is 1. The molecule has 21 heavy (non-hydrogen) atoms. The average Bonchev–Trinajstić information content (AvgIpc) is 2.91. The van der Waals surface area contributed by atoms with E-state index in [-0.39, 0.29) is 5.54 Å². The Kier molecular flexibility index (Phi) is 5.85. The van der Waals surface area contributed by atoms with Gasteiger partial charge < -0.3 is 10.1 Å². The molecule has 4 heteroatoms. The largest absolute Gasteiger partial charge is 0.492 e.